The minimum atomic E-state index is -0.717. The Morgan fingerprint density at radius 2 is 2.16 bits per heavy atom. The van der Waals surface area contributed by atoms with Gasteiger partial charge in [-0.1, -0.05) is 0 Å². The van der Waals surface area contributed by atoms with Crippen LogP contribution in [0.15, 0.2) is 6.07 Å². The minimum Gasteiger partial charge on any atom is -0.365 e. The fraction of sp³-hybridized carbons (Fsp3) is 0.706. The van der Waals surface area contributed by atoms with Crippen molar-refractivity contribution < 1.29 is 14.3 Å². The van der Waals surface area contributed by atoms with E-state index in [1.54, 1.807) is 19.0 Å². The predicted molar refractivity (Wildman–Crippen MR) is 91.8 cm³/mol. The Balaban J connectivity index is 1.63. The number of fused-ring (bicyclic) bond motifs is 1. The Kier molecular flexibility index (Phi) is 4.99. The van der Waals surface area contributed by atoms with E-state index < -0.39 is 5.60 Å². The highest BCUT2D eigenvalue weighted by Crippen LogP contribution is 2.25. The number of nitrogens with zero attached hydrogens (tertiary/aromatic N) is 4. The van der Waals surface area contributed by atoms with Crippen LogP contribution in [0.1, 0.15) is 37.6 Å². The van der Waals surface area contributed by atoms with Crippen molar-refractivity contribution in [1.82, 2.24) is 24.9 Å². The molecule has 0 bridgehead atoms. The van der Waals surface area contributed by atoms with E-state index in [0.29, 0.717) is 19.7 Å². The van der Waals surface area contributed by atoms with Gasteiger partial charge in [0.15, 0.2) is 0 Å². The average molecular weight is 349 g/mol. The molecule has 0 aliphatic carbocycles. The van der Waals surface area contributed by atoms with Gasteiger partial charge in [0.2, 0.25) is 0 Å². The Morgan fingerprint density at radius 1 is 1.36 bits per heavy atom. The fourth-order valence-electron chi connectivity index (χ4n) is 3.37. The standard InChI is InChI=1S/C17H27N5O3/c1-17(6-4-9-25-17)15(23)18-11-13-10-14-12-21(16(24)20(2)3)7-5-8-22(14)19-13/h10H,4-9,11-12H2,1-3H3,(H,18,23). The number of carbonyl (C=O) groups is 2. The maximum atomic E-state index is 12.3. The number of urea groups is 1. The summed E-state index contributed by atoms with van der Waals surface area (Å²) < 4.78 is 7.51. The molecule has 1 fully saturated rings. The van der Waals surface area contributed by atoms with Gasteiger partial charge in [-0.15, -0.1) is 0 Å². The number of carbonyl (C=O) groups excluding carboxylic acids is 2. The van der Waals surface area contributed by atoms with Crippen LogP contribution in [0.2, 0.25) is 0 Å². The highest BCUT2D eigenvalue weighted by atomic mass is 16.5. The highest BCUT2D eigenvalue weighted by Gasteiger charge is 2.37. The van der Waals surface area contributed by atoms with E-state index in [-0.39, 0.29) is 11.9 Å². The van der Waals surface area contributed by atoms with Crippen LogP contribution in [0.3, 0.4) is 0 Å². The Morgan fingerprint density at radius 3 is 2.84 bits per heavy atom. The molecule has 8 nitrogen and oxygen atoms in total. The SMILES string of the molecule is CN(C)C(=O)N1CCCn2nc(CNC(=O)C3(C)CCCO3)cc2C1. The lowest BCUT2D eigenvalue weighted by atomic mass is 10.0. The third kappa shape index (κ3) is 3.78. The second kappa shape index (κ2) is 7.03. The van der Waals surface area contributed by atoms with Gasteiger partial charge in [0.05, 0.1) is 24.5 Å². The first-order chi connectivity index (χ1) is 11.9. The van der Waals surface area contributed by atoms with Gasteiger partial charge in [-0.05, 0) is 32.3 Å². The van der Waals surface area contributed by atoms with E-state index in [0.717, 1.165) is 43.7 Å². The summed E-state index contributed by atoms with van der Waals surface area (Å²) in [6.45, 7) is 4.89. The molecule has 1 atom stereocenters. The summed E-state index contributed by atoms with van der Waals surface area (Å²) in [7, 11) is 3.52. The predicted octanol–water partition coefficient (Wildman–Crippen LogP) is 0.956. The largest absolute Gasteiger partial charge is 0.365 e. The molecule has 3 rings (SSSR count). The molecule has 1 N–H and O–H groups in total. The van der Waals surface area contributed by atoms with E-state index >= 15 is 0 Å². The number of rotatable bonds is 3. The monoisotopic (exact) mass is 349 g/mol. The first-order valence-electron chi connectivity index (χ1n) is 8.83. The molecular formula is C17H27N5O3. The van der Waals surface area contributed by atoms with Crippen LogP contribution in [-0.4, -0.2) is 64.4 Å². The lowest BCUT2D eigenvalue weighted by molar-refractivity contribution is -0.139. The Labute approximate surface area is 148 Å². The quantitative estimate of drug-likeness (QED) is 0.881. The zero-order valence-corrected chi connectivity index (χ0v) is 15.2. The maximum absolute atomic E-state index is 12.3. The van der Waals surface area contributed by atoms with Crippen LogP contribution >= 0.6 is 0 Å². The number of hydrogen-bond donors (Lipinski definition) is 1. The van der Waals surface area contributed by atoms with Crippen molar-refractivity contribution in [3.8, 4) is 0 Å². The third-order valence-corrected chi connectivity index (χ3v) is 4.85. The molecule has 0 saturated carbocycles. The van der Waals surface area contributed by atoms with Gasteiger partial charge in [0.1, 0.15) is 5.60 Å². The summed E-state index contributed by atoms with van der Waals surface area (Å²) >= 11 is 0. The summed E-state index contributed by atoms with van der Waals surface area (Å²) in [4.78, 5) is 28.0. The van der Waals surface area contributed by atoms with Crippen LogP contribution in [0.4, 0.5) is 4.79 Å². The molecule has 1 saturated heterocycles. The molecule has 3 amide bonds. The smallest absolute Gasteiger partial charge is 0.319 e. The molecule has 0 aromatic carbocycles. The molecule has 3 heterocycles. The molecule has 138 valence electrons. The normalized spacial score (nSPS) is 23.1. The number of aryl methyl sites for hydroxylation is 1. The third-order valence-electron chi connectivity index (χ3n) is 4.85. The Hall–Kier alpha value is -2.09. The number of hydrogen-bond acceptors (Lipinski definition) is 4. The van der Waals surface area contributed by atoms with Gasteiger partial charge >= 0.3 is 6.03 Å². The number of aromatic nitrogens is 2. The second-order valence-electron chi connectivity index (χ2n) is 7.17. The lowest BCUT2D eigenvalue weighted by Crippen LogP contribution is -2.43. The summed E-state index contributed by atoms with van der Waals surface area (Å²) in [5.74, 6) is -0.0855. The van der Waals surface area contributed by atoms with E-state index in [4.69, 9.17) is 4.74 Å². The topological polar surface area (TPSA) is 79.7 Å². The van der Waals surface area contributed by atoms with Crippen LogP contribution < -0.4 is 5.32 Å². The maximum Gasteiger partial charge on any atom is 0.319 e. The van der Waals surface area contributed by atoms with E-state index in [2.05, 4.69) is 10.4 Å². The van der Waals surface area contributed by atoms with Crippen LogP contribution in [0.5, 0.6) is 0 Å². The lowest BCUT2D eigenvalue weighted by Gasteiger charge is -2.24. The van der Waals surface area contributed by atoms with Crippen molar-refractivity contribution in [3.05, 3.63) is 17.5 Å². The fourth-order valence-corrected chi connectivity index (χ4v) is 3.37. The molecular weight excluding hydrogens is 322 g/mol. The molecule has 1 aromatic rings. The van der Waals surface area contributed by atoms with Crippen molar-refractivity contribution in [2.75, 3.05) is 27.2 Å². The molecule has 0 radical (unpaired) electrons. The number of amides is 3. The van der Waals surface area contributed by atoms with Gasteiger partial charge in [-0.3, -0.25) is 9.48 Å². The van der Waals surface area contributed by atoms with Gasteiger partial charge < -0.3 is 19.9 Å². The number of nitrogens with one attached hydrogen (secondary N) is 1. The molecule has 2 aliphatic heterocycles. The van der Waals surface area contributed by atoms with E-state index in [1.165, 1.54) is 0 Å². The van der Waals surface area contributed by atoms with Gasteiger partial charge in [-0.2, -0.15) is 5.10 Å². The highest BCUT2D eigenvalue weighted by molar-refractivity contribution is 5.84. The van der Waals surface area contributed by atoms with Crippen LogP contribution in [-0.2, 0) is 29.2 Å². The zero-order valence-electron chi connectivity index (χ0n) is 15.2. The molecule has 1 unspecified atom stereocenters. The average Bonchev–Trinajstić information content (AvgIpc) is 3.13. The molecule has 1 aromatic heterocycles. The number of ether oxygens (including phenoxy) is 1. The summed E-state index contributed by atoms with van der Waals surface area (Å²) in [6.07, 6.45) is 2.53. The van der Waals surface area contributed by atoms with Crippen molar-refractivity contribution >= 4 is 11.9 Å². The molecule has 8 heteroatoms. The van der Waals surface area contributed by atoms with Crippen molar-refractivity contribution in [3.63, 3.8) is 0 Å². The zero-order chi connectivity index (χ0) is 18.0. The molecule has 2 aliphatic rings. The molecule has 0 spiro atoms. The second-order valence-corrected chi connectivity index (χ2v) is 7.17. The van der Waals surface area contributed by atoms with Gasteiger partial charge in [0.25, 0.3) is 5.91 Å². The van der Waals surface area contributed by atoms with Crippen molar-refractivity contribution in [2.45, 2.75) is 51.4 Å². The van der Waals surface area contributed by atoms with Crippen LogP contribution in [0, 0.1) is 0 Å². The summed E-state index contributed by atoms with van der Waals surface area (Å²) in [6, 6.07) is 1.98. The van der Waals surface area contributed by atoms with Gasteiger partial charge in [0, 0.05) is 33.8 Å². The van der Waals surface area contributed by atoms with Crippen LogP contribution in [0.25, 0.3) is 0 Å². The molecule has 25 heavy (non-hydrogen) atoms. The van der Waals surface area contributed by atoms with E-state index in [1.807, 2.05) is 22.6 Å². The van der Waals surface area contributed by atoms with Crippen molar-refractivity contribution in [2.24, 2.45) is 0 Å². The Bertz CT molecular complexity index is 649. The minimum absolute atomic E-state index is 0.0100. The van der Waals surface area contributed by atoms with Crippen molar-refractivity contribution in [1.29, 1.82) is 0 Å². The summed E-state index contributed by atoms with van der Waals surface area (Å²) in [5, 5.41) is 7.51. The first kappa shape index (κ1) is 17.7. The first-order valence-corrected chi connectivity index (χ1v) is 8.83. The van der Waals surface area contributed by atoms with E-state index in [9.17, 15) is 9.59 Å². The van der Waals surface area contributed by atoms with Gasteiger partial charge in [-0.25, -0.2) is 4.79 Å². The summed E-state index contributed by atoms with van der Waals surface area (Å²) in [5.41, 5.74) is 1.09.